The first-order chi connectivity index (χ1) is 16.9. The van der Waals surface area contributed by atoms with E-state index in [9.17, 15) is 9.59 Å². The molecule has 0 bridgehead atoms. The van der Waals surface area contributed by atoms with Crippen molar-refractivity contribution in [1.82, 2.24) is 25.5 Å². The van der Waals surface area contributed by atoms with Crippen molar-refractivity contribution in [3.8, 4) is 11.3 Å². The third kappa shape index (κ3) is 5.72. The quantitative estimate of drug-likeness (QED) is 0.627. The van der Waals surface area contributed by atoms with Crippen LogP contribution in [0.15, 0.2) is 30.3 Å². The number of benzene rings is 1. The molecule has 2 heterocycles. The topological polar surface area (TPSA) is 87.2 Å². The molecule has 2 fully saturated rings. The van der Waals surface area contributed by atoms with E-state index in [0.29, 0.717) is 12.4 Å². The standard InChI is InChI=1S/C28H39N5O2/c1-18-11-8-9-14-22(18)23-17-24(31-20(3)30-23)25-15-10-16-33(25)28(35)26(21-12-6-5-7-13-21)32-27(34)19(2)29-4/h8-9,11,14,17,19,21,25-26,29H,5-7,10,12-13,15-16H2,1-4H3,(H,32,34)/t19?,25?,26-/m0/s1. The lowest BCUT2D eigenvalue weighted by molar-refractivity contribution is -0.139. The van der Waals surface area contributed by atoms with Gasteiger partial charge in [-0.05, 0) is 71.0 Å². The van der Waals surface area contributed by atoms with Gasteiger partial charge in [-0.2, -0.15) is 0 Å². The fraction of sp³-hybridized carbons (Fsp3) is 0.571. The maximum Gasteiger partial charge on any atom is 0.246 e. The van der Waals surface area contributed by atoms with E-state index in [4.69, 9.17) is 9.97 Å². The van der Waals surface area contributed by atoms with Gasteiger partial charge in [-0.3, -0.25) is 9.59 Å². The number of likely N-dealkylation sites (tertiary alicyclic amines) is 1. The van der Waals surface area contributed by atoms with Crippen LogP contribution in [0.2, 0.25) is 0 Å². The summed E-state index contributed by atoms with van der Waals surface area (Å²) >= 11 is 0. The average Bonchev–Trinajstić information content (AvgIpc) is 3.37. The molecule has 1 saturated carbocycles. The van der Waals surface area contributed by atoms with Gasteiger partial charge in [-0.1, -0.05) is 43.5 Å². The van der Waals surface area contributed by atoms with Crippen molar-refractivity contribution >= 4 is 11.8 Å². The summed E-state index contributed by atoms with van der Waals surface area (Å²) in [6, 6.07) is 9.33. The Morgan fingerprint density at radius 1 is 1.03 bits per heavy atom. The molecule has 2 aromatic rings. The molecule has 2 amide bonds. The predicted molar refractivity (Wildman–Crippen MR) is 138 cm³/mol. The number of carbonyl (C=O) groups is 2. The van der Waals surface area contributed by atoms with Gasteiger partial charge in [0.25, 0.3) is 0 Å². The van der Waals surface area contributed by atoms with Crippen LogP contribution in [0.3, 0.4) is 0 Å². The first kappa shape index (κ1) is 25.3. The summed E-state index contributed by atoms with van der Waals surface area (Å²) in [6.45, 7) is 6.51. The second-order valence-corrected chi connectivity index (χ2v) is 10.1. The molecule has 2 aliphatic rings. The van der Waals surface area contributed by atoms with Gasteiger partial charge in [0, 0.05) is 12.1 Å². The molecule has 2 N–H and O–H groups in total. The van der Waals surface area contributed by atoms with E-state index in [1.165, 1.54) is 6.42 Å². The number of amides is 2. The fourth-order valence-corrected chi connectivity index (χ4v) is 5.53. The maximum absolute atomic E-state index is 14.0. The van der Waals surface area contributed by atoms with Gasteiger partial charge < -0.3 is 15.5 Å². The Morgan fingerprint density at radius 2 is 1.77 bits per heavy atom. The molecule has 1 saturated heterocycles. The minimum Gasteiger partial charge on any atom is -0.343 e. The van der Waals surface area contributed by atoms with Gasteiger partial charge in [-0.15, -0.1) is 0 Å². The van der Waals surface area contributed by atoms with E-state index < -0.39 is 6.04 Å². The van der Waals surface area contributed by atoms with Crippen LogP contribution in [0.1, 0.15) is 75.0 Å². The monoisotopic (exact) mass is 477 g/mol. The van der Waals surface area contributed by atoms with E-state index in [1.54, 1.807) is 7.05 Å². The Kier molecular flexibility index (Phi) is 8.16. The lowest BCUT2D eigenvalue weighted by Gasteiger charge is -2.35. The van der Waals surface area contributed by atoms with E-state index in [0.717, 1.165) is 61.0 Å². The second kappa shape index (κ2) is 11.3. The molecule has 4 rings (SSSR count). The molecule has 0 spiro atoms. The van der Waals surface area contributed by atoms with Gasteiger partial charge in [-0.25, -0.2) is 9.97 Å². The molecule has 7 nitrogen and oxygen atoms in total. The molecule has 1 aliphatic carbocycles. The van der Waals surface area contributed by atoms with Crippen LogP contribution in [-0.4, -0.2) is 52.4 Å². The number of carbonyl (C=O) groups excluding carboxylic acids is 2. The van der Waals surface area contributed by atoms with Crippen molar-refractivity contribution in [3.63, 3.8) is 0 Å². The molecular formula is C28H39N5O2. The van der Waals surface area contributed by atoms with Crippen LogP contribution in [-0.2, 0) is 9.59 Å². The van der Waals surface area contributed by atoms with Crippen LogP contribution < -0.4 is 10.6 Å². The van der Waals surface area contributed by atoms with Crippen molar-refractivity contribution in [2.75, 3.05) is 13.6 Å². The van der Waals surface area contributed by atoms with Crippen LogP contribution in [0.25, 0.3) is 11.3 Å². The summed E-state index contributed by atoms with van der Waals surface area (Å²) in [4.78, 5) is 38.3. The van der Waals surface area contributed by atoms with Gasteiger partial charge in [0.15, 0.2) is 0 Å². The second-order valence-electron chi connectivity index (χ2n) is 10.1. The molecule has 188 valence electrons. The molecule has 2 unspecified atom stereocenters. The first-order valence-electron chi connectivity index (χ1n) is 13.1. The van der Waals surface area contributed by atoms with Crippen LogP contribution in [0, 0.1) is 19.8 Å². The Hall–Kier alpha value is -2.80. The lowest BCUT2D eigenvalue weighted by atomic mass is 9.83. The van der Waals surface area contributed by atoms with E-state index in [2.05, 4.69) is 29.7 Å². The minimum atomic E-state index is -0.488. The SMILES string of the molecule is CNC(C)C(=O)N[C@H](C(=O)N1CCCC1c1cc(-c2ccccc2C)nc(C)n1)C1CCCCC1. The van der Waals surface area contributed by atoms with Gasteiger partial charge in [0.05, 0.1) is 23.5 Å². The molecule has 1 aliphatic heterocycles. The summed E-state index contributed by atoms with van der Waals surface area (Å²) in [5, 5.41) is 6.11. The molecule has 3 atom stereocenters. The molecule has 35 heavy (non-hydrogen) atoms. The predicted octanol–water partition coefficient (Wildman–Crippen LogP) is 4.10. The first-order valence-corrected chi connectivity index (χ1v) is 13.1. The smallest absolute Gasteiger partial charge is 0.246 e. The number of aryl methyl sites for hydroxylation is 2. The van der Waals surface area contributed by atoms with Crippen LogP contribution in [0.4, 0.5) is 0 Å². The highest BCUT2D eigenvalue weighted by Crippen LogP contribution is 2.35. The Morgan fingerprint density at radius 3 is 2.49 bits per heavy atom. The highest BCUT2D eigenvalue weighted by Gasteiger charge is 2.39. The van der Waals surface area contributed by atoms with Crippen molar-refractivity contribution in [1.29, 1.82) is 0 Å². The third-order valence-corrected chi connectivity index (χ3v) is 7.67. The van der Waals surface area contributed by atoms with E-state index >= 15 is 0 Å². The van der Waals surface area contributed by atoms with Crippen LogP contribution in [0.5, 0.6) is 0 Å². The maximum atomic E-state index is 14.0. The van der Waals surface area contributed by atoms with Crippen molar-refractivity contribution in [3.05, 3.63) is 47.4 Å². The molecule has 0 radical (unpaired) electrons. The summed E-state index contributed by atoms with van der Waals surface area (Å²) in [6.07, 6.45) is 7.18. The number of rotatable bonds is 7. The third-order valence-electron chi connectivity index (χ3n) is 7.67. The zero-order valence-corrected chi connectivity index (χ0v) is 21.5. The fourth-order valence-electron chi connectivity index (χ4n) is 5.53. The number of hydrogen-bond donors (Lipinski definition) is 2. The number of nitrogens with one attached hydrogen (secondary N) is 2. The van der Waals surface area contributed by atoms with Gasteiger partial charge in [0.1, 0.15) is 11.9 Å². The van der Waals surface area contributed by atoms with Crippen molar-refractivity contribution in [2.24, 2.45) is 5.92 Å². The highest BCUT2D eigenvalue weighted by molar-refractivity contribution is 5.90. The largest absolute Gasteiger partial charge is 0.343 e. The van der Waals surface area contributed by atoms with Crippen molar-refractivity contribution < 1.29 is 9.59 Å². The van der Waals surface area contributed by atoms with Gasteiger partial charge in [0.2, 0.25) is 11.8 Å². The molecule has 7 heteroatoms. The zero-order chi connectivity index (χ0) is 24.9. The number of hydrogen-bond acceptors (Lipinski definition) is 5. The summed E-state index contributed by atoms with van der Waals surface area (Å²) in [7, 11) is 1.77. The molecule has 1 aromatic heterocycles. The van der Waals surface area contributed by atoms with Crippen molar-refractivity contribution in [2.45, 2.75) is 83.8 Å². The Bertz CT molecular complexity index is 1050. The Balaban J connectivity index is 1.62. The normalized spacial score (nSPS) is 20.5. The summed E-state index contributed by atoms with van der Waals surface area (Å²) in [5.74, 6) is 0.803. The average molecular weight is 478 g/mol. The Labute approximate surface area is 209 Å². The summed E-state index contributed by atoms with van der Waals surface area (Å²) in [5.41, 5.74) is 4.03. The molecule has 1 aromatic carbocycles. The van der Waals surface area contributed by atoms with E-state index in [1.807, 2.05) is 36.9 Å². The van der Waals surface area contributed by atoms with Crippen LogP contribution >= 0.6 is 0 Å². The molecular weight excluding hydrogens is 438 g/mol. The minimum absolute atomic E-state index is 0.0322. The number of aromatic nitrogens is 2. The number of nitrogens with zero attached hydrogens (tertiary/aromatic N) is 3. The highest BCUT2D eigenvalue weighted by atomic mass is 16.2. The van der Waals surface area contributed by atoms with E-state index in [-0.39, 0.29) is 29.8 Å². The lowest BCUT2D eigenvalue weighted by Crippen LogP contribution is -2.55. The summed E-state index contributed by atoms with van der Waals surface area (Å²) < 4.78 is 0. The number of likely N-dealkylation sites (N-methyl/N-ethyl adjacent to an activating group) is 1. The zero-order valence-electron chi connectivity index (χ0n) is 21.5. The van der Waals surface area contributed by atoms with Gasteiger partial charge >= 0.3 is 0 Å².